The van der Waals surface area contributed by atoms with Crippen molar-refractivity contribution < 1.29 is 23.9 Å². The minimum atomic E-state index is -0.506. The lowest BCUT2D eigenvalue weighted by Gasteiger charge is -2.49. The van der Waals surface area contributed by atoms with Gasteiger partial charge >= 0.3 is 0 Å². The summed E-state index contributed by atoms with van der Waals surface area (Å²) in [6.45, 7) is 9.33. The van der Waals surface area contributed by atoms with E-state index in [-0.39, 0.29) is 34.9 Å². The number of halogens is 1. The van der Waals surface area contributed by atoms with Crippen molar-refractivity contribution in [3.63, 3.8) is 0 Å². The number of carbonyl (C=O) groups is 3. The van der Waals surface area contributed by atoms with Crippen LogP contribution in [0.5, 0.6) is 5.75 Å². The summed E-state index contributed by atoms with van der Waals surface area (Å²) < 4.78 is 11.2. The van der Waals surface area contributed by atoms with Gasteiger partial charge in [0.15, 0.2) is 18.2 Å². The molecule has 2 aromatic rings. The number of hydrogen-bond donors (Lipinski definition) is 1. The Balaban J connectivity index is 1.51. The Morgan fingerprint density at radius 2 is 1.52 bits per heavy atom. The molecule has 5 rings (SSSR count). The SMILES string of the molecule is COCCN1C2=C(C(=O)CC(C)(C)C2)C(c2ccc(OCC(=O)Nc3ccccc3)c(Cl)c2)C2=C1CC(C)(C)CC2=O. The van der Waals surface area contributed by atoms with E-state index < -0.39 is 5.92 Å². The van der Waals surface area contributed by atoms with E-state index in [1.165, 1.54) is 0 Å². The van der Waals surface area contributed by atoms with Crippen molar-refractivity contribution in [2.75, 3.05) is 32.2 Å². The lowest BCUT2D eigenvalue weighted by Crippen LogP contribution is -2.45. The van der Waals surface area contributed by atoms with Crippen molar-refractivity contribution in [2.45, 2.75) is 59.3 Å². The number of ether oxygens (including phenoxy) is 2. The zero-order valence-corrected chi connectivity index (χ0v) is 25.8. The van der Waals surface area contributed by atoms with Crippen LogP contribution in [0, 0.1) is 10.8 Å². The maximum Gasteiger partial charge on any atom is 0.262 e. The van der Waals surface area contributed by atoms with Crippen LogP contribution in [0.3, 0.4) is 0 Å². The molecule has 222 valence electrons. The number of hydrogen-bond acceptors (Lipinski definition) is 6. The van der Waals surface area contributed by atoms with Gasteiger partial charge in [-0.05, 0) is 53.5 Å². The van der Waals surface area contributed by atoms with E-state index in [1.807, 2.05) is 24.3 Å². The summed E-state index contributed by atoms with van der Waals surface area (Å²) in [5.41, 5.74) is 4.38. The van der Waals surface area contributed by atoms with Gasteiger partial charge in [-0.2, -0.15) is 0 Å². The molecule has 2 aromatic carbocycles. The number of anilines is 1. The van der Waals surface area contributed by atoms with E-state index in [1.54, 1.807) is 31.4 Å². The minimum Gasteiger partial charge on any atom is -0.482 e. The maximum absolute atomic E-state index is 13.9. The molecular weight excluding hydrogens is 552 g/mol. The molecule has 1 N–H and O–H groups in total. The average Bonchev–Trinajstić information content (AvgIpc) is 2.90. The first kappa shape index (κ1) is 30.1. The molecule has 42 heavy (non-hydrogen) atoms. The first-order chi connectivity index (χ1) is 19.9. The first-order valence-electron chi connectivity index (χ1n) is 14.5. The van der Waals surface area contributed by atoms with E-state index in [0.29, 0.717) is 53.6 Å². The zero-order valence-electron chi connectivity index (χ0n) is 25.0. The average molecular weight is 591 g/mol. The van der Waals surface area contributed by atoms with E-state index >= 15 is 0 Å². The summed E-state index contributed by atoms with van der Waals surface area (Å²) in [5.74, 6) is -0.329. The monoisotopic (exact) mass is 590 g/mol. The van der Waals surface area contributed by atoms with Gasteiger partial charge in [-0.1, -0.05) is 63.6 Å². The second kappa shape index (κ2) is 11.7. The smallest absolute Gasteiger partial charge is 0.262 e. The van der Waals surface area contributed by atoms with Crippen molar-refractivity contribution in [1.29, 1.82) is 0 Å². The highest BCUT2D eigenvalue weighted by Gasteiger charge is 2.48. The van der Waals surface area contributed by atoms with Crippen LogP contribution < -0.4 is 10.1 Å². The van der Waals surface area contributed by atoms with Gasteiger partial charge in [0.1, 0.15) is 5.75 Å². The fourth-order valence-electron chi connectivity index (χ4n) is 6.51. The van der Waals surface area contributed by atoms with Crippen LogP contribution in [0.1, 0.15) is 64.9 Å². The number of nitrogens with zero attached hydrogens (tertiary/aromatic N) is 1. The number of para-hydroxylation sites is 1. The standard InChI is InChI=1S/C34H39ClN2O5/c1-33(2)16-24-31(26(38)18-33)30(32-25(37(24)13-14-41-5)17-34(3,4)19-27(32)39)21-11-12-28(23(35)15-21)42-20-29(40)36-22-9-7-6-8-10-22/h6-12,15,30H,13-14,16-20H2,1-5H3,(H,36,40). The van der Waals surface area contributed by atoms with E-state index in [0.717, 1.165) is 29.8 Å². The molecule has 2 aliphatic carbocycles. The van der Waals surface area contributed by atoms with Crippen molar-refractivity contribution in [3.8, 4) is 5.75 Å². The number of amides is 1. The molecule has 1 amide bonds. The third-order valence-corrected chi connectivity index (χ3v) is 8.54. The molecule has 1 heterocycles. The molecule has 8 heteroatoms. The molecule has 0 aromatic heterocycles. The number of Topliss-reactive ketones (excluding diaryl/α,β-unsaturated/α-hetero) is 2. The predicted molar refractivity (Wildman–Crippen MR) is 163 cm³/mol. The topological polar surface area (TPSA) is 84.9 Å². The van der Waals surface area contributed by atoms with Gasteiger partial charge in [-0.25, -0.2) is 0 Å². The number of methoxy groups -OCH3 is 1. The van der Waals surface area contributed by atoms with Gasteiger partial charge in [0.05, 0.1) is 11.6 Å². The number of benzene rings is 2. The lowest BCUT2D eigenvalue weighted by molar-refractivity contribution is -0.120. The lowest BCUT2D eigenvalue weighted by atomic mass is 9.63. The molecule has 0 spiro atoms. The van der Waals surface area contributed by atoms with Crippen LogP contribution in [0.2, 0.25) is 5.02 Å². The van der Waals surface area contributed by atoms with Gasteiger partial charge in [0.25, 0.3) is 5.91 Å². The fraction of sp³-hybridized carbons (Fsp3) is 0.441. The van der Waals surface area contributed by atoms with Crippen LogP contribution in [-0.4, -0.2) is 49.2 Å². The van der Waals surface area contributed by atoms with Gasteiger partial charge in [0.2, 0.25) is 0 Å². The molecule has 7 nitrogen and oxygen atoms in total. The Hall–Kier alpha value is -3.42. The van der Waals surface area contributed by atoms with E-state index in [4.69, 9.17) is 21.1 Å². The first-order valence-corrected chi connectivity index (χ1v) is 14.8. The minimum absolute atomic E-state index is 0.0619. The Labute approximate surface area is 252 Å². The molecule has 1 aliphatic heterocycles. The maximum atomic E-state index is 13.9. The predicted octanol–water partition coefficient (Wildman–Crippen LogP) is 6.69. The highest BCUT2D eigenvalue weighted by molar-refractivity contribution is 6.32. The molecular formula is C34H39ClN2O5. The molecule has 0 saturated heterocycles. The molecule has 3 aliphatic rings. The van der Waals surface area contributed by atoms with Crippen LogP contribution in [0.25, 0.3) is 0 Å². The molecule has 0 bridgehead atoms. The van der Waals surface area contributed by atoms with Crippen molar-refractivity contribution >= 4 is 34.8 Å². The highest BCUT2D eigenvalue weighted by Crippen LogP contribution is 2.54. The third kappa shape index (κ3) is 6.18. The number of rotatable bonds is 8. The summed E-state index contributed by atoms with van der Waals surface area (Å²) in [6.07, 6.45) is 2.28. The Morgan fingerprint density at radius 1 is 0.929 bits per heavy atom. The van der Waals surface area contributed by atoms with Gasteiger partial charge < -0.3 is 19.7 Å². The van der Waals surface area contributed by atoms with Gasteiger partial charge in [-0.3, -0.25) is 14.4 Å². The largest absolute Gasteiger partial charge is 0.482 e. The van der Waals surface area contributed by atoms with Gasteiger partial charge in [-0.15, -0.1) is 0 Å². The summed E-state index contributed by atoms with van der Waals surface area (Å²) in [6, 6.07) is 14.5. The molecule has 0 unspecified atom stereocenters. The molecule has 0 radical (unpaired) electrons. The normalized spacial score (nSPS) is 19.9. The highest BCUT2D eigenvalue weighted by atomic mass is 35.5. The fourth-order valence-corrected chi connectivity index (χ4v) is 6.75. The summed E-state index contributed by atoms with van der Waals surface area (Å²) in [5, 5.41) is 3.11. The van der Waals surface area contributed by atoms with E-state index in [2.05, 4.69) is 37.9 Å². The molecule has 0 saturated carbocycles. The number of ketones is 2. The summed E-state index contributed by atoms with van der Waals surface area (Å²) in [4.78, 5) is 42.4. The second-order valence-electron chi connectivity index (χ2n) is 13.1. The molecule has 0 fully saturated rings. The third-order valence-electron chi connectivity index (χ3n) is 8.25. The number of nitrogens with one attached hydrogen (secondary N) is 1. The van der Waals surface area contributed by atoms with Crippen molar-refractivity contribution in [3.05, 3.63) is 81.7 Å². The van der Waals surface area contributed by atoms with Crippen LogP contribution in [0.4, 0.5) is 5.69 Å². The van der Waals surface area contributed by atoms with Crippen molar-refractivity contribution in [1.82, 2.24) is 4.90 Å². The van der Waals surface area contributed by atoms with Crippen LogP contribution >= 0.6 is 11.6 Å². The summed E-state index contributed by atoms with van der Waals surface area (Å²) in [7, 11) is 1.67. The number of carbonyl (C=O) groups excluding carboxylic acids is 3. The summed E-state index contributed by atoms with van der Waals surface area (Å²) >= 11 is 6.72. The Kier molecular flexibility index (Phi) is 8.37. The van der Waals surface area contributed by atoms with Crippen LogP contribution in [-0.2, 0) is 19.1 Å². The Bertz CT molecular complexity index is 1420. The van der Waals surface area contributed by atoms with E-state index in [9.17, 15) is 14.4 Å². The quantitative estimate of drug-likeness (QED) is 0.369. The number of allylic oxidation sites excluding steroid dienone is 4. The van der Waals surface area contributed by atoms with Gasteiger partial charge in [0, 0.05) is 60.6 Å². The van der Waals surface area contributed by atoms with Crippen molar-refractivity contribution in [2.24, 2.45) is 10.8 Å². The Morgan fingerprint density at radius 3 is 2.07 bits per heavy atom. The molecule has 0 atom stereocenters. The zero-order chi connectivity index (χ0) is 30.2. The second-order valence-corrected chi connectivity index (χ2v) is 13.5. The van der Waals surface area contributed by atoms with Crippen LogP contribution in [0.15, 0.2) is 71.1 Å².